The van der Waals surface area contributed by atoms with Gasteiger partial charge in [-0.3, -0.25) is 4.79 Å². The van der Waals surface area contributed by atoms with Crippen LogP contribution in [0.3, 0.4) is 0 Å². The molecule has 1 fully saturated rings. The number of aromatic nitrogens is 1. The fourth-order valence-electron chi connectivity index (χ4n) is 2.90. The van der Waals surface area contributed by atoms with Gasteiger partial charge in [-0.1, -0.05) is 23.2 Å². The number of benzene rings is 1. The van der Waals surface area contributed by atoms with Crippen LogP contribution in [0.15, 0.2) is 18.2 Å². The number of carbonyl (C=O) groups excluding carboxylic acids is 1. The SMILES string of the molecule is Cn1c(C(=O)NC2CCN(S(N)(=O)=O)C2)cc2c(Cl)c(Cl)ccc21. The summed E-state index contributed by atoms with van der Waals surface area (Å²) in [7, 11) is -1.97. The molecule has 0 aliphatic carbocycles. The molecule has 0 saturated carbocycles. The van der Waals surface area contributed by atoms with Crippen LogP contribution in [0.4, 0.5) is 0 Å². The Morgan fingerprint density at radius 2 is 2.08 bits per heavy atom. The van der Waals surface area contributed by atoms with Crippen molar-refractivity contribution in [1.29, 1.82) is 0 Å². The van der Waals surface area contributed by atoms with Crippen molar-refractivity contribution >= 4 is 50.2 Å². The third-order valence-electron chi connectivity index (χ3n) is 4.19. The molecule has 1 unspecified atom stereocenters. The number of nitrogens with two attached hydrogens (primary N) is 1. The zero-order valence-corrected chi connectivity index (χ0v) is 15.1. The molecule has 0 bridgehead atoms. The van der Waals surface area contributed by atoms with Crippen molar-refractivity contribution in [3.8, 4) is 0 Å². The van der Waals surface area contributed by atoms with E-state index in [1.54, 1.807) is 29.8 Å². The van der Waals surface area contributed by atoms with E-state index in [0.717, 1.165) is 9.82 Å². The van der Waals surface area contributed by atoms with E-state index in [4.69, 9.17) is 28.3 Å². The Morgan fingerprint density at radius 3 is 2.71 bits per heavy atom. The molecule has 1 aliphatic heterocycles. The van der Waals surface area contributed by atoms with Crippen LogP contribution in [0.2, 0.25) is 10.0 Å². The Balaban J connectivity index is 1.83. The summed E-state index contributed by atoms with van der Waals surface area (Å²) in [5.74, 6) is -0.304. The molecule has 2 heterocycles. The fourth-order valence-corrected chi connectivity index (χ4v) is 4.03. The van der Waals surface area contributed by atoms with E-state index in [0.29, 0.717) is 34.1 Å². The van der Waals surface area contributed by atoms with Gasteiger partial charge in [0.2, 0.25) is 0 Å². The summed E-state index contributed by atoms with van der Waals surface area (Å²) >= 11 is 12.2. The van der Waals surface area contributed by atoms with Crippen molar-refractivity contribution in [2.45, 2.75) is 12.5 Å². The Morgan fingerprint density at radius 1 is 1.38 bits per heavy atom. The summed E-state index contributed by atoms with van der Waals surface area (Å²) in [5, 5.41) is 9.44. The summed E-state index contributed by atoms with van der Waals surface area (Å²) < 4.78 is 25.5. The highest BCUT2D eigenvalue weighted by atomic mass is 35.5. The number of halogens is 2. The van der Waals surface area contributed by atoms with E-state index in [1.165, 1.54) is 0 Å². The average Bonchev–Trinajstić information content (AvgIpc) is 3.08. The van der Waals surface area contributed by atoms with Crippen LogP contribution < -0.4 is 10.5 Å². The summed E-state index contributed by atoms with van der Waals surface area (Å²) in [4.78, 5) is 12.5. The predicted molar refractivity (Wildman–Crippen MR) is 93.5 cm³/mol. The standard InChI is InChI=1S/C14H16Cl2N4O3S/c1-19-11-3-2-10(15)13(16)9(11)6-12(19)14(21)18-8-4-5-20(7-8)24(17,22)23/h2-3,6,8H,4-5,7H2,1H3,(H,18,21)(H2,17,22,23). The molecule has 3 N–H and O–H groups in total. The molecular formula is C14H16Cl2N4O3S. The number of amides is 1. The second-order valence-corrected chi connectivity index (χ2v) is 8.08. The van der Waals surface area contributed by atoms with E-state index in [2.05, 4.69) is 5.32 Å². The van der Waals surface area contributed by atoms with Crippen LogP contribution in [0, 0.1) is 0 Å². The van der Waals surface area contributed by atoms with Gasteiger partial charge in [-0.05, 0) is 24.6 Å². The number of hydrogen-bond donors (Lipinski definition) is 2. The van der Waals surface area contributed by atoms with Gasteiger partial charge in [0.15, 0.2) is 0 Å². The van der Waals surface area contributed by atoms with E-state index >= 15 is 0 Å². The molecule has 1 aromatic heterocycles. The zero-order chi connectivity index (χ0) is 17.6. The van der Waals surface area contributed by atoms with Gasteiger partial charge in [0.05, 0.1) is 10.0 Å². The van der Waals surface area contributed by atoms with Crippen molar-refractivity contribution in [3.63, 3.8) is 0 Å². The highest BCUT2D eigenvalue weighted by Gasteiger charge is 2.30. The van der Waals surface area contributed by atoms with Gasteiger partial charge in [-0.2, -0.15) is 12.7 Å². The number of nitrogens with zero attached hydrogens (tertiary/aromatic N) is 2. The first-order chi connectivity index (χ1) is 11.2. The molecule has 2 aromatic rings. The van der Waals surface area contributed by atoms with Crippen LogP contribution >= 0.6 is 23.2 Å². The topological polar surface area (TPSA) is 97.4 Å². The van der Waals surface area contributed by atoms with Gasteiger partial charge in [-0.15, -0.1) is 0 Å². The Kier molecular flexibility index (Phi) is 4.52. The van der Waals surface area contributed by atoms with Crippen LogP contribution in [-0.4, -0.2) is 42.3 Å². The fraction of sp³-hybridized carbons (Fsp3) is 0.357. The lowest BCUT2D eigenvalue weighted by molar-refractivity contribution is 0.0931. The van der Waals surface area contributed by atoms with Gasteiger partial charge in [0.1, 0.15) is 5.69 Å². The summed E-state index contributed by atoms with van der Waals surface area (Å²) in [6, 6.07) is 4.85. The van der Waals surface area contributed by atoms with Gasteiger partial charge >= 0.3 is 0 Å². The first-order valence-electron chi connectivity index (χ1n) is 7.20. The van der Waals surface area contributed by atoms with Crippen LogP contribution in [-0.2, 0) is 17.3 Å². The lowest BCUT2D eigenvalue weighted by Crippen LogP contribution is -2.40. The maximum absolute atomic E-state index is 12.5. The first kappa shape index (κ1) is 17.5. The van der Waals surface area contributed by atoms with E-state index < -0.39 is 10.2 Å². The molecule has 1 saturated heterocycles. The minimum Gasteiger partial charge on any atom is -0.347 e. The molecule has 130 valence electrons. The molecule has 24 heavy (non-hydrogen) atoms. The molecule has 0 radical (unpaired) electrons. The Bertz CT molecular complexity index is 926. The summed E-state index contributed by atoms with van der Waals surface area (Å²) in [6.07, 6.45) is 0.513. The third kappa shape index (κ3) is 3.12. The van der Waals surface area contributed by atoms with Crippen LogP contribution in [0.25, 0.3) is 10.9 Å². The highest BCUT2D eigenvalue weighted by molar-refractivity contribution is 7.86. The number of fused-ring (bicyclic) bond motifs is 1. The number of hydrogen-bond acceptors (Lipinski definition) is 3. The molecule has 3 rings (SSSR count). The van der Waals surface area contributed by atoms with Crippen molar-refractivity contribution < 1.29 is 13.2 Å². The maximum Gasteiger partial charge on any atom is 0.276 e. The van der Waals surface area contributed by atoms with Crippen molar-refractivity contribution in [1.82, 2.24) is 14.2 Å². The lowest BCUT2D eigenvalue weighted by Gasteiger charge is -2.14. The highest BCUT2D eigenvalue weighted by Crippen LogP contribution is 2.32. The van der Waals surface area contributed by atoms with Crippen molar-refractivity contribution in [2.24, 2.45) is 12.2 Å². The molecule has 1 aromatic carbocycles. The number of nitrogens with one attached hydrogen (secondary N) is 1. The lowest BCUT2D eigenvalue weighted by atomic mass is 10.2. The number of aryl methyl sites for hydroxylation is 1. The third-order valence-corrected chi connectivity index (χ3v) is 6.06. The number of carbonyl (C=O) groups is 1. The minimum atomic E-state index is -3.73. The van der Waals surface area contributed by atoms with Crippen LogP contribution in [0.1, 0.15) is 16.9 Å². The minimum absolute atomic E-state index is 0.168. The van der Waals surface area contributed by atoms with E-state index in [1.807, 2.05) is 0 Å². The largest absolute Gasteiger partial charge is 0.347 e. The molecule has 0 spiro atoms. The second-order valence-electron chi connectivity index (χ2n) is 5.74. The monoisotopic (exact) mass is 390 g/mol. The summed E-state index contributed by atoms with van der Waals surface area (Å²) in [6.45, 7) is 0.460. The Hall–Kier alpha value is -1.32. The maximum atomic E-state index is 12.5. The summed E-state index contributed by atoms with van der Waals surface area (Å²) in [5.41, 5.74) is 1.20. The zero-order valence-electron chi connectivity index (χ0n) is 12.8. The van der Waals surface area contributed by atoms with Crippen molar-refractivity contribution in [2.75, 3.05) is 13.1 Å². The number of rotatable bonds is 3. The van der Waals surface area contributed by atoms with E-state index in [-0.39, 0.29) is 18.5 Å². The molecule has 7 nitrogen and oxygen atoms in total. The molecule has 1 atom stereocenters. The van der Waals surface area contributed by atoms with Gasteiger partial charge in [-0.25, -0.2) is 5.14 Å². The van der Waals surface area contributed by atoms with Crippen LogP contribution in [0.5, 0.6) is 0 Å². The first-order valence-corrected chi connectivity index (χ1v) is 9.46. The smallest absolute Gasteiger partial charge is 0.276 e. The average molecular weight is 391 g/mol. The van der Waals surface area contributed by atoms with E-state index in [9.17, 15) is 13.2 Å². The van der Waals surface area contributed by atoms with Gasteiger partial charge in [0, 0.05) is 37.1 Å². The van der Waals surface area contributed by atoms with Gasteiger partial charge in [0.25, 0.3) is 16.1 Å². The molecule has 10 heteroatoms. The predicted octanol–water partition coefficient (Wildman–Crippen LogP) is 1.49. The normalized spacial score (nSPS) is 19.1. The van der Waals surface area contributed by atoms with Crippen molar-refractivity contribution in [3.05, 3.63) is 33.9 Å². The van der Waals surface area contributed by atoms with Gasteiger partial charge < -0.3 is 9.88 Å². The quantitative estimate of drug-likeness (QED) is 0.830. The molecular weight excluding hydrogens is 375 g/mol. The second kappa shape index (κ2) is 6.20. The molecule has 1 amide bonds. The molecule has 1 aliphatic rings. The Labute approximate surface area is 149 Å².